The van der Waals surface area contributed by atoms with E-state index in [2.05, 4.69) is 6.58 Å². The van der Waals surface area contributed by atoms with Gasteiger partial charge in [-0.05, 0) is 63.3 Å². The SMILES string of the molecule is C=CC[C@]1(c2ccc(F)cc2)CCN([C@@H](C)c2ccc(B3OC(C)(C)C(C)(C)O3)cc2)C(=O)O1. The lowest BCUT2D eigenvalue weighted by molar-refractivity contribution is -0.0588. The third-order valence-corrected chi connectivity index (χ3v) is 7.53. The van der Waals surface area contributed by atoms with Crippen LogP contribution in [-0.4, -0.2) is 35.9 Å². The lowest BCUT2D eigenvalue weighted by Gasteiger charge is -2.43. The molecule has 34 heavy (non-hydrogen) atoms. The number of halogens is 1. The van der Waals surface area contributed by atoms with Gasteiger partial charge in [0, 0.05) is 19.4 Å². The van der Waals surface area contributed by atoms with Gasteiger partial charge >= 0.3 is 13.2 Å². The van der Waals surface area contributed by atoms with E-state index in [1.165, 1.54) is 12.1 Å². The molecular weight excluding hydrogens is 432 g/mol. The summed E-state index contributed by atoms with van der Waals surface area (Å²) >= 11 is 0. The van der Waals surface area contributed by atoms with E-state index in [1.54, 1.807) is 23.1 Å². The van der Waals surface area contributed by atoms with Crippen molar-refractivity contribution in [3.8, 4) is 0 Å². The van der Waals surface area contributed by atoms with Gasteiger partial charge in [-0.25, -0.2) is 9.18 Å². The lowest BCUT2D eigenvalue weighted by Crippen LogP contribution is -2.48. The van der Waals surface area contributed by atoms with Crippen LogP contribution in [0, 0.1) is 5.82 Å². The number of rotatable bonds is 6. The van der Waals surface area contributed by atoms with Gasteiger partial charge in [0.15, 0.2) is 0 Å². The molecule has 2 aromatic rings. The van der Waals surface area contributed by atoms with Crippen LogP contribution in [0.15, 0.2) is 61.2 Å². The number of amides is 1. The van der Waals surface area contributed by atoms with Crippen molar-refractivity contribution in [3.63, 3.8) is 0 Å². The molecular formula is C27H33BFNO4. The molecule has 0 aliphatic carbocycles. The predicted octanol–water partition coefficient (Wildman–Crippen LogP) is 5.50. The van der Waals surface area contributed by atoms with Crippen molar-refractivity contribution in [2.45, 2.75) is 70.3 Å². The zero-order valence-corrected chi connectivity index (χ0v) is 20.6. The molecule has 4 rings (SSSR count). The van der Waals surface area contributed by atoms with Crippen molar-refractivity contribution in [1.82, 2.24) is 4.90 Å². The Labute approximate surface area is 202 Å². The highest BCUT2D eigenvalue weighted by Crippen LogP contribution is 2.40. The van der Waals surface area contributed by atoms with Crippen LogP contribution < -0.4 is 5.46 Å². The average molecular weight is 465 g/mol. The van der Waals surface area contributed by atoms with Crippen molar-refractivity contribution >= 4 is 18.7 Å². The molecule has 2 heterocycles. The fraction of sp³-hybridized carbons (Fsp3) is 0.444. The van der Waals surface area contributed by atoms with E-state index in [-0.39, 0.29) is 18.0 Å². The van der Waals surface area contributed by atoms with Crippen LogP contribution in [0.1, 0.15) is 64.6 Å². The third-order valence-electron chi connectivity index (χ3n) is 7.53. The third kappa shape index (κ3) is 4.39. The Bertz CT molecular complexity index is 1040. The van der Waals surface area contributed by atoms with E-state index in [4.69, 9.17) is 14.0 Å². The number of nitrogens with zero attached hydrogens (tertiary/aromatic N) is 1. The molecule has 0 saturated carbocycles. The maximum absolute atomic E-state index is 13.4. The fourth-order valence-corrected chi connectivity index (χ4v) is 4.56. The number of benzene rings is 2. The Morgan fingerprint density at radius 1 is 1.06 bits per heavy atom. The maximum Gasteiger partial charge on any atom is 0.494 e. The number of carbonyl (C=O) groups excluding carboxylic acids is 1. The molecule has 5 nitrogen and oxygen atoms in total. The molecule has 0 spiro atoms. The van der Waals surface area contributed by atoms with Gasteiger partial charge in [-0.1, -0.05) is 42.5 Å². The summed E-state index contributed by atoms with van der Waals surface area (Å²) in [6.45, 7) is 14.5. The zero-order chi connectivity index (χ0) is 24.7. The second-order valence-electron chi connectivity index (χ2n) is 10.2. The second-order valence-corrected chi connectivity index (χ2v) is 10.2. The predicted molar refractivity (Wildman–Crippen MR) is 131 cm³/mol. The molecule has 0 aromatic heterocycles. The molecule has 2 aliphatic heterocycles. The first-order valence-electron chi connectivity index (χ1n) is 11.8. The molecule has 2 aliphatic rings. The molecule has 0 radical (unpaired) electrons. The van der Waals surface area contributed by atoms with Crippen LogP contribution in [0.3, 0.4) is 0 Å². The molecule has 0 unspecified atom stereocenters. The summed E-state index contributed by atoms with van der Waals surface area (Å²) in [4.78, 5) is 14.8. The summed E-state index contributed by atoms with van der Waals surface area (Å²) in [6.07, 6.45) is 2.41. The van der Waals surface area contributed by atoms with Crippen LogP contribution in [0.2, 0.25) is 0 Å². The Morgan fingerprint density at radius 3 is 2.18 bits per heavy atom. The summed E-state index contributed by atoms with van der Waals surface area (Å²) in [6, 6.07) is 14.0. The normalized spacial score (nSPS) is 24.6. The van der Waals surface area contributed by atoms with Crippen LogP contribution in [-0.2, 0) is 19.6 Å². The van der Waals surface area contributed by atoms with Crippen molar-refractivity contribution < 1.29 is 23.2 Å². The van der Waals surface area contributed by atoms with Crippen LogP contribution in [0.4, 0.5) is 9.18 Å². The van der Waals surface area contributed by atoms with Crippen molar-refractivity contribution in [2.75, 3.05) is 6.54 Å². The van der Waals surface area contributed by atoms with E-state index < -0.39 is 23.9 Å². The Hall–Kier alpha value is -2.64. The minimum absolute atomic E-state index is 0.171. The monoisotopic (exact) mass is 465 g/mol. The summed E-state index contributed by atoms with van der Waals surface area (Å²) < 4.78 is 31.7. The first kappa shape index (κ1) is 24.5. The van der Waals surface area contributed by atoms with E-state index >= 15 is 0 Å². The molecule has 0 N–H and O–H groups in total. The summed E-state index contributed by atoms with van der Waals surface area (Å²) in [7, 11) is -0.426. The van der Waals surface area contributed by atoms with Gasteiger partial charge < -0.3 is 18.9 Å². The molecule has 2 atom stereocenters. The average Bonchev–Trinajstić information content (AvgIpc) is 3.01. The van der Waals surface area contributed by atoms with Gasteiger partial charge in [0.2, 0.25) is 0 Å². The van der Waals surface area contributed by atoms with Gasteiger partial charge in [0.05, 0.1) is 17.2 Å². The Morgan fingerprint density at radius 2 is 1.65 bits per heavy atom. The van der Waals surface area contributed by atoms with E-state index in [9.17, 15) is 9.18 Å². The molecule has 1 amide bonds. The van der Waals surface area contributed by atoms with E-state index in [0.29, 0.717) is 19.4 Å². The topological polar surface area (TPSA) is 48.0 Å². The van der Waals surface area contributed by atoms with Crippen LogP contribution in [0.5, 0.6) is 0 Å². The molecule has 180 valence electrons. The number of hydrogen-bond acceptors (Lipinski definition) is 4. The van der Waals surface area contributed by atoms with Crippen molar-refractivity contribution in [1.29, 1.82) is 0 Å². The van der Waals surface area contributed by atoms with Gasteiger partial charge in [-0.15, -0.1) is 6.58 Å². The number of cyclic esters (lactones) is 1. The molecule has 2 fully saturated rings. The summed E-state index contributed by atoms with van der Waals surface area (Å²) in [5.74, 6) is -0.320. The number of carbonyl (C=O) groups is 1. The molecule has 2 aromatic carbocycles. The molecule has 0 bridgehead atoms. The smallest absolute Gasteiger partial charge is 0.437 e. The van der Waals surface area contributed by atoms with E-state index in [0.717, 1.165) is 16.6 Å². The highest BCUT2D eigenvalue weighted by atomic mass is 19.1. The minimum Gasteiger partial charge on any atom is -0.437 e. The van der Waals surface area contributed by atoms with E-state index in [1.807, 2.05) is 58.9 Å². The van der Waals surface area contributed by atoms with Crippen LogP contribution >= 0.6 is 0 Å². The summed E-state index contributed by atoms with van der Waals surface area (Å²) in [5.41, 5.74) is 1.09. The Kier molecular flexibility index (Phi) is 6.38. The zero-order valence-electron chi connectivity index (χ0n) is 20.6. The molecule has 7 heteroatoms. The van der Waals surface area contributed by atoms with Crippen molar-refractivity contribution in [2.24, 2.45) is 0 Å². The highest BCUT2D eigenvalue weighted by molar-refractivity contribution is 6.62. The number of ether oxygens (including phenoxy) is 1. The number of hydrogen-bond donors (Lipinski definition) is 0. The second kappa shape index (κ2) is 8.86. The summed E-state index contributed by atoms with van der Waals surface area (Å²) in [5, 5.41) is 0. The first-order chi connectivity index (χ1) is 16.0. The fourth-order valence-electron chi connectivity index (χ4n) is 4.56. The van der Waals surface area contributed by atoms with Crippen molar-refractivity contribution in [3.05, 3.63) is 78.1 Å². The lowest BCUT2D eigenvalue weighted by atomic mass is 9.78. The highest BCUT2D eigenvalue weighted by Gasteiger charge is 2.51. The first-order valence-corrected chi connectivity index (χ1v) is 11.8. The van der Waals surface area contributed by atoms with Gasteiger partial charge in [0.1, 0.15) is 11.4 Å². The largest absolute Gasteiger partial charge is 0.494 e. The Balaban J connectivity index is 1.48. The van der Waals surface area contributed by atoms with Gasteiger partial charge in [-0.3, -0.25) is 0 Å². The maximum atomic E-state index is 13.4. The molecule has 2 saturated heterocycles. The van der Waals surface area contributed by atoms with Gasteiger partial charge in [-0.2, -0.15) is 0 Å². The minimum atomic E-state index is -0.830. The van der Waals surface area contributed by atoms with Crippen LogP contribution in [0.25, 0.3) is 0 Å². The van der Waals surface area contributed by atoms with Gasteiger partial charge in [0.25, 0.3) is 0 Å². The quantitative estimate of drug-likeness (QED) is 0.418. The standard InChI is InChI=1S/C27H33BFNO4/c1-7-16-27(21-10-14-23(29)15-11-21)17-18-30(24(31)32-27)19(2)20-8-12-22(13-9-20)28-33-25(3,4)26(5,6)34-28/h7-15,19H,1,16-18H2,2-6H3/t19-,27+/m0/s1.